The van der Waals surface area contributed by atoms with Crippen molar-refractivity contribution in [3.05, 3.63) is 47.5 Å². The van der Waals surface area contributed by atoms with E-state index in [-0.39, 0.29) is 5.41 Å². The Kier molecular flexibility index (Phi) is 5.13. The van der Waals surface area contributed by atoms with E-state index < -0.39 is 0 Å². The molecule has 3 atom stereocenters. The third-order valence-corrected chi connectivity index (χ3v) is 6.75. The summed E-state index contributed by atoms with van der Waals surface area (Å²) in [5.41, 5.74) is 4.20. The van der Waals surface area contributed by atoms with Gasteiger partial charge in [-0.05, 0) is 65.8 Å². The van der Waals surface area contributed by atoms with Gasteiger partial charge in [-0.3, -0.25) is 0 Å². The van der Waals surface area contributed by atoms with Gasteiger partial charge in [-0.2, -0.15) is 0 Å². The third-order valence-electron chi connectivity index (χ3n) is 6.75. The number of fused-ring (bicyclic) bond motifs is 2. The van der Waals surface area contributed by atoms with E-state index in [1.54, 1.807) is 7.11 Å². The molecule has 28 heavy (non-hydrogen) atoms. The summed E-state index contributed by atoms with van der Waals surface area (Å²) in [5, 5.41) is 14.9. The molecule has 0 amide bonds. The minimum atomic E-state index is 0.0239. The van der Waals surface area contributed by atoms with Crippen molar-refractivity contribution in [2.75, 3.05) is 7.11 Å². The molecule has 3 heteroatoms. The van der Waals surface area contributed by atoms with Gasteiger partial charge in [0.25, 0.3) is 0 Å². The van der Waals surface area contributed by atoms with Crippen LogP contribution in [0.3, 0.4) is 0 Å². The van der Waals surface area contributed by atoms with Gasteiger partial charge in [-0.15, -0.1) is 0 Å². The van der Waals surface area contributed by atoms with Crippen molar-refractivity contribution in [3.63, 3.8) is 0 Å². The van der Waals surface area contributed by atoms with Crippen LogP contribution in [0.4, 0.5) is 0 Å². The molecule has 2 saturated carbocycles. The summed E-state index contributed by atoms with van der Waals surface area (Å²) in [6.07, 6.45) is 5.47. The lowest BCUT2D eigenvalue weighted by atomic mass is 9.83. The first kappa shape index (κ1) is 19.3. The second-order valence-corrected chi connectivity index (χ2v) is 9.67. The van der Waals surface area contributed by atoms with E-state index >= 15 is 0 Å². The van der Waals surface area contributed by atoms with Crippen LogP contribution in [-0.4, -0.2) is 18.3 Å². The average Bonchev–Trinajstić information content (AvgIpc) is 3.29. The number of rotatable bonds is 5. The lowest BCUT2D eigenvalue weighted by Crippen LogP contribution is -2.33. The van der Waals surface area contributed by atoms with Crippen LogP contribution in [0, 0.1) is 11.8 Å². The van der Waals surface area contributed by atoms with Gasteiger partial charge >= 0.3 is 0 Å². The number of benzene rings is 2. The van der Waals surface area contributed by atoms with Gasteiger partial charge in [-0.1, -0.05) is 45.4 Å². The Morgan fingerprint density at radius 2 is 1.82 bits per heavy atom. The molecule has 2 aliphatic carbocycles. The van der Waals surface area contributed by atoms with Gasteiger partial charge in [0.2, 0.25) is 0 Å². The van der Waals surface area contributed by atoms with Gasteiger partial charge in [0, 0.05) is 23.7 Å². The van der Waals surface area contributed by atoms with E-state index in [2.05, 4.69) is 38.2 Å². The molecule has 2 fully saturated rings. The molecule has 3 unspecified atom stereocenters. The van der Waals surface area contributed by atoms with Crippen LogP contribution < -0.4 is 10.1 Å². The first-order valence-electron chi connectivity index (χ1n) is 10.6. The van der Waals surface area contributed by atoms with E-state index in [1.807, 2.05) is 24.3 Å². The van der Waals surface area contributed by atoms with Crippen molar-refractivity contribution in [1.82, 2.24) is 5.32 Å². The molecule has 0 heterocycles. The van der Waals surface area contributed by atoms with E-state index in [1.165, 1.54) is 31.2 Å². The smallest absolute Gasteiger partial charge is 0.127 e. The van der Waals surface area contributed by atoms with Crippen molar-refractivity contribution >= 4 is 0 Å². The standard InChI is InChI=1S/C25H33NO2/c1-25(2,3)20-13-19(15-26-23-12-16-5-6-18(23)11-16)24(27)22(14-20)17-7-9-21(28-4)10-8-17/h7-10,13-14,16,18,23,26-27H,5-6,11-12,15H2,1-4H3. The summed E-state index contributed by atoms with van der Waals surface area (Å²) in [4.78, 5) is 0. The second-order valence-electron chi connectivity index (χ2n) is 9.67. The molecule has 0 saturated heterocycles. The predicted molar refractivity (Wildman–Crippen MR) is 115 cm³/mol. The van der Waals surface area contributed by atoms with Gasteiger partial charge in [0.1, 0.15) is 11.5 Å². The topological polar surface area (TPSA) is 41.5 Å². The van der Waals surface area contributed by atoms with Crippen LogP contribution in [0.5, 0.6) is 11.5 Å². The largest absolute Gasteiger partial charge is 0.507 e. The fourth-order valence-electron chi connectivity index (χ4n) is 4.99. The predicted octanol–water partition coefficient (Wildman–Crippen LogP) is 5.64. The van der Waals surface area contributed by atoms with Crippen molar-refractivity contribution < 1.29 is 9.84 Å². The molecule has 4 rings (SSSR count). The first-order chi connectivity index (χ1) is 13.3. The normalized spacial score (nSPS) is 23.9. The van der Waals surface area contributed by atoms with Crippen molar-refractivity contribution in [2.24, 2.45) is 11.8 Å². The summed E-state index contributed by atoms with van der Waals surface area (Å²) < 4.78 is 5.28. The Morgan fingerprint density at radius 3 is 2.39 bits per heavy atom. The molecule has 3 nitrogen and oxygen atoms in total. The number of hydrogen-bond donors (Lipinski definition) is 2. The fourth-order valence-corrected chi connectivity index (χ4v) is 4.99. The highest BCUT2D eigenvalue weighted by Crippen LogP contribution is 2.45. The number of phenolic OH excluding ortho intramolecular Hbond substituents is 1. The molecule has 150 valence electrons. The quantitative estimate of drug-likeness (QED) is 0.706. The van der Waals surface area contributed by atoms with Crippen molar-refractivity contribution in [2.45, 2.75) is 64.5 Å². The van der Waals surface area contributed by atoms with Crippen LogP contribution in [0.2, 0.25) is 0 Å². The Balaban J connectivity index is 1.64. The summed E-state index contributed by atoms with van der Waals surface area (Å²) in [6.45, 7) is 7.41. The average molecular weight is 380 g/mol. The van der Waals surface area contributed by atoms with Gasteiger partial charge in [-0.25, -0.2) is 0 Å². The van der Waals surface area contributed by atoms with E-state index in [4.69, 9.17) is 4.74 Å². The highest BCUT2D eigenvalue weighted by Gasteiger charge is 2.39. The molecule has 2 aromatic rings. The van der Waals surface area contributed by atoms with Crippen LogP contribution in [-0.2, 0) is 12.0 Å². The number of ether oxygens (including phenoxy) is 1. The Bertz CT molecular complexity index is 835. The Hall–Kier alpha value is -2.00. The zero-order chi connectivity index (χ0) is 19.9. The number of methoxy groups -OCH3 is 1. The third kappa shape index (κ3) is 3.77. The van der Waals surface area contributed by atoms with Gasteiger partial charge in [0.05, 0.1) is 7.11 Å². The number of nitrogens with one attached hydrogen (secondary N) is 1. The Labute approximate surface area is 169 Å². The van der Waals surface area contributed by atoms with E-state index in [0.29, 0.717) is 11.8 Å². The molecule has 0 spiro atoms. The minimum absolute atomic E-state index is 0.0239. The first-order valence-corrected chi connectivity index (χ1v) is 10.6. The summed E-state index contributed by atoms with van der Waals surface area (Å²) in [6, 6.07) is 12.9. The molecular formula is C25H33NO2. The zero-order valence-electron chi connectivity index (χ0n) is 17.6. The summed E-state index contributed by atoms with van der Waals surface area (Å²) >= 11 is 0. The molecule has 2 aliphatic rings. The number of phenols is 1. The molecule has 0 aliphatic heterocycles. The number of aromatic hydroxyl groups is 1. The van der Waals surface area contributed by atoms with Crippen molar-refractivity contribution in [1.29, 1.82) is 0 Å². The maximum atomic E-state index is 11.1. The second kappa shape index (κ2) is 7.44. The molecule has 2 aromatic carbocycles. The minimum Gasteiger partial charge on any atom is -0.507 e. The molecular weight excluding hydrogens is 346 g/mol. The van der Waals surface area contributed by atoms with E-state index in [0.717, 1.165) is 40.8 Å². The SMILES string of the molecule is COc1ccc(-c2cc(C(C)(C)C)cc(CNC3CC4CCC3C4)c2O)cc1. The van der Waals surface area contributed by atoms with Crippen molar-refractivity contribution in [3.8, 4) is 22.6 Å². The molecule has 0 radical (unpaired) electrons. The van der Waals surface area contributed by atoms with Gasteiger partial charge in [0.15, 0.2) is 0 Å². The van der Waals surface area contributed by atoms with Crippen LogP contribution >= 0.6 is 0 Å². The fraction of sp³-hybridized carbons (Fsp3) is 0.520. The summed E-state index contributed by atoms with van der Waals surface area (Å²) in [7, 11) is 1.67. The lowest BCUT2D eigenvalue weighted by molar-refractivity contribution is 0.348. The number of hydrogen-bond acceptors (Lipinski definition) is 3. The van der Waals surface area contributed by atoms with Crippen LogP contribution in [0.15, 0.2) is 36.4 Å². The summed E-state index contributed by atoms with van der Waals surface area (Å²) in [5.74, 6) is 2.98. The Morgan fingerprint density at radius 1 is 1.07 bits per heavy atom. The lowest BCUT2D eigenvalue weighted by Gasteiger charge is -2.25. The van der Waals surface area contributed by atoms with Crippen LogP contribution in [0.1, 0.15) is 57.6 Å². The maximum Gasteiger partial charge on any atom is 0.127 e. The van der Waals surface area contributed by atoms with Gasteiger partial charge < -0.3 is 15.2 Å². The highest BCUT2D eigenvalue weighted by atomic mass is 16.5. The molecule has 2 bridgehead atoms. The highest BCUT2D eigenvalue weighted by molar-refractivity contribution is 5.73. The monoisotopic (exact) mass is 379 g/mol. The molecule has 2 N–H and O–H groups in total. The zero-order valence-corrected chi connectivity index (χ0v) is 17.6. The van der Waals surface area contributed by atoms with Crippen LogP contribution in [0.25, 0.3) is 11.1 Å². The maximum absolute atomic E-state index is 11.1. The molecule has 0 aromatic heterocycles. The van der Waals surface area contributed by atoms with E-state index in [9.17, 15) is 5.11 Å².